The molecule has 0 spiro atoms. The fourth-order valence-electron chi connectivity index (χ4n) is 2.14. The molecule has 0 bridgehead atoms. The molecule has 5 nitrogen and oxygen atoms in total. The number of hydrogen-bond donors (Lipinski definition) is 2. The molecule has 1 fully saturated rings. The van der Waals surface area contributed by atoms with Gasteiger partial charge in [0.1, 0.15) is 0 Å². The molecule has 20 heavy (non-hydrogen) atoms. The number of nitrogens with one attached hydrogen (secondary N) is 2. The van der Waals surface area contributed by atoms with Crippen molar-refractivity contribution in [2.45, 2.75) is 19.1 Å². The van der Waals surface area contributed by atoms with Crippen LogP contribution in [0.4, 0.5) is 5.69 Å². The smallest absolute Gasteiger partial charge is 0.222 e. The minimum absolute atomic E-state index is 0.000123. The van der Waals surface area contributed by atoms with Crippen molar-refractivity contribution < 1.29 is 9.53 Å². The van der Waals surface area contributed by atoms with Crippen LogP contribution in [0.1, 0.15) is 12.0 Å². The maximum Gasteiger partial charge on any atom is 0.222 e. The summed E-state index contributed by atoms with van der Waals surface area (Å²) in [5.41, 5.74) is 2.26. The Hall–Kier alpha value is -1.59. The normalized spacial score (nSPS) is 18.6. The van der Waals surface area contributed by atoms with Crippen molar-refractivity contribution in [3.63, 3.8) is 0 Å². The van der Waals surface area contributed by atoms with Gasteiger partial charge < -0.3 is 20.3 Å². The number of carbonyl (C=O) groups excluding carboxylic acids is 1. The second-order valence-electron chi connectivity index (χ2n) is 5.24. The van der Waals surface area contributed by atoms with Crippen LogP contribution in [0.15, 0.2) is 24.3 Å². The predicted molar refractivity (Wildman–Crippen MR) is 79.8 cm³/mol. The molecule has 1 atom stereocenters. The fourth-order valence-corrected chi connectivity index (χ4v) is 2.14. The lowest BCUT2D eigenvalue weighted by Gasteiger charge is -2.23. The van der Waals surface area contributed by atoms with Crippen LogP contribution >= 0.6 is 0 Å². The van der Waals surface area contributed by atoms with Gasteiger partial charge >= 0.3 is 0 Å². The first-order chi connectivity index (χ1) is 9.65. The van der Waals surface area contributed by atoms with E-state index in [1.807, 2.05) is 26.2 Å². The highest BCUT2D eigenvalue weighted by Gasteiger charge is 2.16. The van der Waals surface area contributed by atoms with Crippen molar-refractivity contribution in [3.8, 4) is 0 Å². The highest BCUT2D eigenvalue weighted by atomic mass is 16.5. The van der Waals surface area contributed by atoms with E-state index < -0.39 is 0 Å². The van der Waals surface area contributed by atoms with Crippen LogP contribution in [-0.4, -0.2) is 45.8 Å². The van der Waals surface area contributed by atoms with Crippen molar-refractivity contribution in [3.05, 3.63) is 29.8 Å². The molecule has 1 heterocycles. The number of anilines is 1. The Morgan fingerprint density at radius 3 is 2.75 bits per heavy atom. The minimum Gasteiger partial charge on any atom is -0.378 e. The predicted octanol–water partition coefficient (Wildman–Crippen LogP) is 0.747. The summed E-state index contributed by atoms with van der Waals surface area (Å²) in [5.74, 6) is 0.0374. The molecular weight excluding hydrogens is 254 g/mol. The van der Waals surface area contributed by atoms with E-state index in [1.165, 1.54) is 0 Å². The molecule has 110 valence electrons. The zero-order chi connectivity index (χ0) is 14.4. The van der Waals surface area contributed by atoms with E-state index in [0.717, 1.165) is 24.3 Å². The van der Waals surface area contributed by atoms with Crippen molar-refractivity contribution in [2.75, 3.05) is 38.7 Å². The first kappa shape index (κ1) is 14.8. The molecule has 0 radical (unpaired) electrons. The minimum atomic E-state index is -0.000123. The van der Waals surface area contributed by atoms with E-state index in [4.69, 9.17) is 4.74 Å². The van der Waals surface area contributed by atoms with Crippen molar-refractivity contribution in [1.82, 2.24) is 10.6 Å². The van der Waals surface area contributed by atoms with Crippen LogP contribution in [0.2, 0.25) is 0 Å². The molecule has 0 saturated carbocycles. The molecule has 5 heteroatoms. The number of morpholine rings is 1. The number of rotatable bonds is 5. The van der Waals surface area contributed by atoms with Crippen LogP contribution in [0.25, 0.3) is 0 Å². The third-order valence-corrected chi connectivity index (χ3v) is 3.36. The van der Waals surface area contributed by atoms with Gasteiger partial charge in [0, 0.05) is 39.4 Å². The molecule has 1 amide bonds. The molecule has 2 rings (SSSR count). The van der Waals surface area contributed by atoms with Crippen LogP contribution in [0, 0.1) is 0 Å². The molecule has 0 aromatic heterocycles. The Kier molecular flexibility index (Phi) is 5.38. The van der Waals surface area contributed by atoms with Gasteiger partial charge in [0.2, 0.25) is 5.91 Å². The quantitative estimate of drug-likeness (QED) is 0.834. The Balaban J connectivity index is 1.74. The standard InChI is InChI=1S/C15H23N3O2/c1-18(2)13-5-3-12(4-6-13)10-17-15(19)9-14-11-16-7-8-20-14/h3-6,14,16H,7-11H2,1-2H3,(H,17,19). The molecule has 1 aromatic carbocycles. The maximum absolute atomic E-state index is 11.8. The van der Waals surface area contributed by atoms with Crippen molar-refractivity contribution in [1.29, 1.82) is 0 Å². The van der Waals surface area contributed by atoms with E-state index in [2.05, 4.69) is 27.7 Å². The van der Waals surface area contributed by atoms with Gasteiger partial charge in [-0.15, -0.1) is 0 Å². The van der Waals surface area contributed by atoms with E-state index in [9.17, 15) is 4.79 Å². The Morgan fingerprint density at radius 2 is 2.15 bits per heavy atom. The van der Waals surface area contributed by atoms with Crippen LogP contribution in [0.5, 0.6) is 0 Å². The summed E-state index contributed by atoms with van der Waals surface area (Å²) in [4.78, 5) is 13.9. The molecule has 1 aliphatic heterocycles. The van der Waals surface area contributed by atoms with Gasteiger partial charge in [0.05, 0.1) is 19.1 Å². The van der Waals surface area contributed by atoms with Crippen molar-refractivity contribution in [2.24, 2.45) is 0 Å². The molecule has 1 unspecified atom stereocenters. The van der Waals surface area contributed by atoms with Crippen LogP contribution in [-0.2, 0) is 16.1 Å². The first-order valence-electron chi connectivity index (χ1n) is 7.00. The van der Waals surface area contributed by atoms with Crippen LogP contribution in [0.3, 0.4) is 0 Å². The third kappa shape index (κ3) is 4.51. The molecule has 1 aliphatic rings. The third-order valence-electron chi connectivity index (χ3n) is 3.36. The van der Waals surface area contributed by atoms with E-state index in [0.29, 0.717) is 19.6 Å². The largest absolute Gasteiger partial charge is 0.378 e. The van der Waals surface area contributed by atoms with Gasteiger partial charge in [-0.25, -0.2) is 0 Å². The zero-order valence-corrected chi connectivity index (χ0v) is 12.2. The molecular formula is C15H23N3O2. The first-order valence-corrected chi connectivity index (χ1v) is 7.00. The number of amides is 1. The van der Waals surface area contributed by atoms with Crippen LogP contribution < -0.4 is 15.5 Å². The summed E-state index contributed by atoms with van der Waals surface area (Å²) in [6.07, 6.45) is 0.419. The average Bonchev–Trinajstić information content (AvgIpc) is 2.46. The van der Waals surface area contributed by atoms with Gasteiger partial charge in [-0.2, -0.15) is 0 Å². The number of carbonyl (C=O) groups is 1. The molecule has 1 aromatic rings. The summed E-state index contributed by atoms with van der Waals surface area (Å²) < 4.78 is 5.51. The number of hydrogen-bond acceptors (Lipinski definition) is 4. The van der Waals surface area contributed by atoms with E-state index in [-0.39, 0.29) is 12.0 Å². The average molecular weight is 277 g/mol. The summed E-state index contributed by atoms with van der Waals surface area (Å²) in [6, 6.07) is 8.17. The fraction of sp³-hybridized carbons (Fsp3) is 0.533. The summed E-state index contributed by atoms with van der Waals surface area (Å²) in [7, 11) is 4.02. The van der Waals surface area contributed by atoms with Gasteiger partial charge in [-0.05, 0) is 17.7 Å². The monoisotopic (exact) mass is 277 g/mol. The van der Waals surface area contributed by atoms with Gasteiger partial charge in [0.15, 0.2) is 0 Å². The zero-order valence-electron chi connectivity index (χ0n) is 12.2. The number of ether oxygens (including phenoxy) is 1. The SMILES string of the molecule is CN(C)c1ccc(CNC(=O)CC2CNCCO2)cc1. The lowest BCUT2D eigenvalue weighted by Crippen LogP contribution is -2.41. The second-order valence-corrected chi connectivity index (χ2v) is 5.24. The summed E-state index contributed by atoms with van der Waals surface area (Å²) >= 11 is 0. The highest BCUT2D eigenvalue weighted by molar-refractivity contribution is 5.76. The van der Waals surface area contributed by atoms with Gasteiger partial charge in [-0.1, -0.05) is 12.1 Å². The molecule has 1 saturated heterocycles. The van der Waals surface area contributed by atoms with Gasteiger partial charge in [0.25, 0.3) is 0 Å². The Morgan fingerprint density at radius 1 is 1.40 bits per heavy atom. The topological polar surface area (TPSA) is 53.6 Å². The maximum atomic E-state index is 11.8. The number of nitrogens with zero attached hydrogens (tertiary/aromatic N) is 1. The summed E-state index contributed by atoms with van der Waals surface area (Å²) in [5, 5.41) is 6.16. The molecule has 2 N–H and O–H groups in total. The lowest BCUT2D eigenvalue weighted by atomic mass is 10.2. The van der Waals surface area contributed by atoms with E-state index in [1.54, 1.807) is 0 Å². The van der Waals surface area contributed by atoms with E-state index >= 15 is 0 Å². The Labute approximate surface area is 120 Å². The highest BCUT2D eigenvalue weighted by Crippen LogP contribution is 2.12. The Bertz CT molecular complexity index is 425. The second kappa shape index (κ2) is 7.26. The van der Waals surface area contributed by atoms with Gasteiger partial charge in [-0.3, -0.25) is 4.79 Å². The summed E-state index contributed by atoms with van der Waals surface area (Å²) in [6.45, 7) is 2.87. The van der Waals surface area contributed by atoms with Crippen molar-refractivity contribution >= 4 is 11.6 Å². The number of benzene rings is 1. The molecule has 0 aliphatic carbocycles. The lowest BCUT2D eigenvalue weighted by molar-refractivity contribution is -0.124.